The summed E-state index contributed by atoms with van der Waals surface area (Å²) in [7, 11) is 0. The van der Waals surface area contributed by atoms with E-state index in [0.29, 0.717) is 5.56 Å². The van der Waals surface area contributed by atoms with Gasteiger partial charge in [-0.25, -0.2) is 0 Å². The van der Waals surface area contributed by atoms with Crippen LogP contribution in [-0.2, 0) is 4.79 Å². The highest BCUT2D eigenvalue weighted by Gasteiger charge is 2.27. The van der Waals surface area contributed by atoms with Crippen LogP contribution in [0.25, 0.3) is 0 Å². The number of aryl methyl sites for hydroxylation is 2. The SMILES string of the molecule is Cc1ccc(C(=O)C(CC(=O)O)NC(C)(C)C)c(C)c1. The van der Waals surface area contributed by atoms with Crippen molar-refractivity contribution in [2.45, 2.75) is 52.6 Å². The van der Waals surface area contributed by atoms with Gasteiger partial charge in [-0.3, -0.25) is 9.59 Å². The molecule has 0 radical (unpaired) electrons. The number of carboxylic acid groups (broad SMARTS) is 1. The molecule has 1 aromatic rings. The molecule has 0 aliphatic heterocycles. The third-order valence-electron chi connectivity index (χ3n) is 2.95. The maximum absolute atomic E-state index is 12.6. The molecular weight excluding hydrogens is 254 g/mol. The number of benzene rings is 1. The molecule has 0 bridgehead atoms. The van der Waals surface area contributed by atoms with Crippen LogP contribution in [0.15, 0.2) is 18.2 Å². The van der Waals surface area contributed by atoms with E-state index in [-0.39, 0.29) is 17.7 Å². The lowest BCUT2D eigenvalue weighted by atomic mass is 9.94. The van der Waals surface area contributed by atoms with E-state index in [9.17, 15) is 9.59 Å². The summed E-state index contributed by atoms with van der Waals surface area (Å²) in [5, 5.41) is 12.1. The van der Waals surface area contributed by atoms with Crippen LogP contribution < -0.4 is 5.32 Å². The molecule has 0 spiro atoms. The summed E-state index contributed by atoms with van der Waals surface area (Å²) in [5.41, 5.74) is 2.21. The molecule has 4 nitrogen and oxygen atoms in total. The molecule has 1 rings (SSSR count). The average molecular weight is 277 g/mol. The smallest absolute Gasteiger partial charge is 0.305 e. The number of aliphatic carboxylic acids is 1. The van der Waals surface area contributed by atoms with Gasteiger partial charge in [-0.15, -0.1) is 0 Å². The van der Waals surface area contributed by atoms with Gasteiger partial charge in [-0.1, -0.05) is 23.8 Å². The van der Waals surface area contributed by atoms with Crippen molar-refractivity contribution in [3.63, 3.8) is 0 Å². The molecule has 0 saturated heterocycles. The van der Waals surface area contributed by atoms with Gasteiger partial charge >= 0.3 is 5.97 Å². The molecule has 20 heavy (non-hydrogen) atoms. The monoisotopic (exact) mass is 277 g/mol. The number of nitrogens with one attached hydrogen (secondary N) is 1. The van der Waals surface area contributed by atoms with Gasteiger partial charge in [0.25, 0.3) is 0 Å². The Morgan fingerprint density at radius 3 is 2.30 bits per heavy atom. The van der Waals surface area contributed by atoms with Crippen molar-refractivity contribution in [1.29, 1.82) is 0 Å². The van der Waals surface area contributed by atoms with E-state index in [2.05, 4.69) is 5.32 Å². The van der Waals surface area contributed by atoms with Crippen molar-refractivity contribution in [2.24, 2.45) is 0 Å². The minimum absolute atomic E-state index is 0.167. The number of hydrogen-bond donors (Lipinski definition) is 2. The molecule has 0 heterocycles. The summed E-state index contributed by atoms with van der Waals surface area (Å²) >= 11 is 0. The van der Waals surface area contributed by atoms with E-state index in [1.54, 1.807) is 6.07 Å². The number of hydrogen-bond acceptors (Lipinski definition) is 3. The standard InChI is InChI=1S/C16H23NO3/c1-10-6-7-12(11(2)8-10)15(20)13(9-14(18)19)17-16(3,4)5/h6-8,13,17H,9H2,1-5H3,(H,18,19). The number of ketones is 1. The fourth-order valence-corrected chi connectivity index (χ4v) is 2.18. The average Bonchev–Trinajstić information content (AvgIpc) is 2.24. The lowest BCUT2D eigenvalue weighted by Crippen LogP contribution is -2.48. The Balaban J connectivity index is 3.06. The highest BCUT2D eigenvalue weighted by molar-refractivity contribution is 6.02. The van der Waals surface area contributed by atoms with Gasteiger partial charge in [-0.05, 0) is 40.2 Å². The third-order valence-corrected chi connectivity index (χ3v) is 2.95. The van der Waals surface area contributed by atoms with Crippen LogP contribution in [0.5, 0.6) is 0 Å². The highest BCUT2D eigenvalue weighted by atomic mass is 16.4. The first-order chi connectivity index (χ1) is 9.10. The fraction of sp³-hybridized carbons (Fsp3) is 0.500. The van der Waals surface area contributed by atoms with Gasteiger partial charge in [0.15, 0.2) is 5.78 Å². The number of carbonyl (C=O) groups is 2. The lowest BCUT2D eigenvalue weighted by molar-refractivity contribution is -0.137. The van der Waals surface area contributed by atoms with Crippen molar-refractivity contribution in [3.05, 3.63) is 34.9 Å². The fourth-order valence-electron chi connectivity index (χ4n) is 2.18. The van der Waals surface area contributed by atoms with E-state index >= 15 is 0 Å². The molecule has 0 amide bonds. The maximum atomic E-state index is 12.6. The number of Topliss-reactive ketones (excluding diaryl/α,β-unsaturated/α-hetero) is 1. The van der Waals surface area contributed by atoms with Crippen molar-refractivity contribution >= 4 is 11.8 Å². The summed E-state index contributed by atoms with van der Waals surface area (Å²) < 4.78 is 0. The van der Waals surface area contributed by atoms with E-state index in [0.717, 1.165) is 11.1 Å². The topological polar surface area (TPSA) is 66.4 Å². The second-order valence-electron chi connectivity index (χ2n) is 6.23. The second kappa shape index (κ2) is 6.18. The van der Waals surface area contributed by atoms with Crippen molar-refractivity contribution in [1.82, 2.24) is 5.32 Å². The molecule has 0 saturated carbocycles. The quantitative estimate of drug-likeness (QED) is 0.812. The van der Waals surface area contributed by atoms with Crippen LogP contribution in [0.3, 0.4) is 0 Å². The molecule has 0 fully saturated rings. The van der Waals surface area contributed by atoms with Gasteiger partial charge in [0.1, 0.15) is 0 Å². The highest BCUT2D eigenvalue weighted by Crippen LogP contribution is 2.16. The van der Waals surface area contributed by atoms with Crippen LogP contribution in [0.1, 0.15) is 48.7 Å². The van der Waals surface area contributed by atoms with E-state index in [1.165, 1.54) is 0 Å². The summed E-state index contributed by atoms with van der Waals surface area (Å²) in [6, 6.07) is 4.86. The lowest BCUT2D eigenvalue weighted by Gasteiger charge is -2.27. The third kappa shape index (κ3) is 4.78. The van der Waals surface area contributed by atoms with Crippen LogP contribution in [0, 0.1) is 13.8 Å². The van der Waals surface area contributed by atoms with Gasteiger partial charge in [0.2, 0.25) is 0 Å². The predicted molar refractivity (Wildman–Crippen MR) is 79.2 cm³/mol. The van der Waals surface area contributed by atoms with Gasteiger partial charge < -0.3 is 10.4 Å². The Morgan fingerprint density at radius 2 is 1.85 bits per heavy atom. The zero-order valence-electron chi connectivity index (χ0n) is 12.8. The molecule has 1 aromatic carbocycles. The second-order valence-corrected chi connectivity index (χ2v) is 6.23. The first-order valence-electron chi connectivity index (χ1n) is 6.71. The Bertz CT molecular complexity index is 515. The Hall–Kier alpha value is -1.68. The van der Waals surface area contributed by atoms with Gasteiger partial charge in [-0.2, -0.15) is 0 Å². The summed E-state index contributed by atoms with van der Waals surface area (Å²) in [6.45, 7) is 9.57. The first-order valence-corrected chi connectivity index (χ1v) is 6.71. The number of rotatable bonds is 5. The van der Waals surface area contributed by atoms with E-state index in [4.69, 9.17) is 5.11 Å². The molecule has 4 heteroatoms. The molecule has 1 atom stereocenters. The van der Waals surface area contributed by atoms with Gasteiger partial charge in [0.05, 0.1) is 12.5 Å². The zero-order valence-corrected chi connectivity index (χ0v) is 12.8. The zero-order chi connectivity index (χ0) is 15.5. The minimum atomic E-state index is -0.982. The van der Waals surface area contributed by atoms with Gasteiger partial charge in [0, 0.05) is 11.1 Å². The van der Waals surface area contributed by atoms with Crippen LogP contribution >= 0.6 is 0 Å². The molecule has 1 unspecified atom stereocenters. The maximum Gasteiger partial charge on any atom is 0.305 e. The van der Waals surface area contributed by atoms with Crippen molar-refractivity contribution < 1.29 is 14.7 Å². The van der Waals surface area contributed by atoms with E-state index in [1.807, 2.05) is 46.8 Å². The normalized spacial score (nSPS) is 13.1. The van der Waals surface area contributed by atoms with Crippen molar-refractivity contribution in [2.75, 3.05) is 0 Å². The molecule has 0 aromatic heterocycles. The number of carbonyl (C=O) groups excluding carboxylic acids is 1. The van der Waals surface area contributed by atoms with E-state index < -0.39 is 12.0 Å². The Morgan fingerprint density at radius 1 is 1.25 bits per heavy atom. The molecule has 0 aliphatic carbocycles. The molecule has 2 N–H and O–H groups in total. The molecule has 0 aliphatic rings. The van der Waals surface area contributed by atoms with Crippen molar-refractivity contribution in [3.8, 4) is 0 Å². The molecular formula is C16H23NO3. The Labute approximate surface area is 120 Å². The Kier molecular flexibility index (Phi) is 5.06. The first kappa shape index (κ1) is 16.4. The largest absolute Gasteiger partial charge is 0.481 e. The van der Waals surface area contributed by atoms with Crippen LogP contribution in [0.4, 0.5) is 0 Å². The summed E-state index contributed by atoms with van der Waals surface area (Å²) in [5.74, 6) is -1.15. The minimum Gasteiger partial charge on any atom is -0.481 e. The van der Waals surface area contributed by atoms with Crippen LogP contribution in [0.2, 0.25) is 0 Å². The predicted octanol–water partition coefficient (Wildman–Crippen LogP) is 2.72. The molecule has 110 valence electrons. The van der Waals surface area contributed by atoms with Crippen LogP contribution in [-0.4, -0.2) is 28.4 Å². The summed E-state index contributed by atoms with van der Waals surface area (Å²) in [6.07, 6.45) is -0.219. The summed E-state index contributed by atoms with van der Waals surface area (Å²) in [4.78, 5) is 23.5. The number of carboxylic acids is 1.